The third kappa shape index (κ3) is 4.82. The number of rotatable bonds is 3. The minimum Gasteiger partial charge on any atom is -0.378 e. The van der Waals surface area contributed by atoms with Crippen molar-refractivity contribution in [1.82, 2.24) is 25.3 Å². The zero-order valence-corrected chi connectivity index (χ0v) is 14.7. The van der Waals surface area contributed by atoms with Crippen molar-refractivity contribution >= 4 is 18.0 Å². The van der Waals surface area contributed by atoms with Crippen molar-refractivity contribution in [2.45, 2.75) is 31.8 Å². The molecule has 1 atom stereocenters. The SMILES string of the molecule is CC(C(=O)NC(=O)NC1CC1)N1CCN(C(=O)N2CCOCC2)CC1. The average molecular weight is 353 g/mol. The summed E-state index contributed by atoms with van der Waals surface area (Å²) in [5, 5.41) is 5.14. The molecule has 9 nitrogen and oxygen atoms in total. The van der Waals surface area contributed by atoms with Crippen molar-refractivity contribution in [3.8, 4) is 0 Å². The number of hydrogen-bond donors (Lipinski definition) is 2. The number of hydrogen-bond acceptors (Lipinski definition) is 5. The van der Waals surface area contributed by atoms with E-state index in [4.69, 9.17) is 4.74 Å². The Morgan fingerprint density at radius 3 is 2.16 bits per heavy atom. The Bertz CT molecular complexity index is 511. The van der Waals surface area contributed by atoms with Gasteiger partial charge in [0, 0.05) is 45.3 Å². The molecule has 5 amide bonds. The Hall–Kier alpha value is -1.87. The zero-order valence-electron chi connectivity index (χ0n) is 14.7. The molecule has 0 aromatic heterocycles. The lowest BCUT2D eigenvalue weighted by molar-refractivity contribution is -0.125. The molecular weight excluding hydrogens is 326 g/mol. The minimum absolute atomic E-state index is 0.0452. The first-order chi connectivity index (χ1) is 12.0. The fraction of sp³-hybridized carbons (Fsp3) is 0.812. The summed E-state index contributed by atoms with van der Waals surface area (Å²) in [5.41, 5.74) is 0. The molecule has 1 aliphatic carbocycles. The van der Waals surface area contributed by atoms with Crippen molar-refractivity contribution in [2.75, 3.05) is 52.5 Å². The molecule has 0 spiro atoms. The number of morpholine rings is 1. The summed E-state index contributed by atoms with van der Waals surface area (Å²) in [5.74, 6) is -0.300. The maximum atomic E-state index is 12.5. The van der Waals surface area contributed by atoms with E-state index in [2.05, 4.69) is 10.6 Å². The molecule has 2 aliphatic heterocycles. The maximum absolute atomic E-state index is 12.5. The number of piperazine rings is 1. The van der Waals surface area contributed by atoms with Gasteiger partial charge in [0.2, 0.25) is 5.91 Å². The molecule has 0 aromatic carbocycles. The second-order valence-corrected chi connectivity index (χ2v) is 6.82. The molecule has 3 fully saturated rings. The molecule has 0 aromatic rings. The number of nitrogens with zero attached hydrogens (tertiary/aromatic N) is 3. The van der Waals surface area contributed by atoms with Crippen molar-refractivity contribution in [3.05, 3.63) is 0 Å². The van der Waals surface area contributed by atoms with Gasteiger partial charge in [-0.05, 0) is 19.8 Å². The predicted molar refractivity (Wildman–Crippen MR) is 90.1 cm³/mol. The number of carbonyl (C=O) groups excluding carboxylic acids is 3. The van der Waals surface area contributed by atoms with Crippen LogP contribution >= 0.6 is 0 Å². The summed E-state index contributed by atoms with van der Waals surface area (Å²) >= 11 is 0. The highest BCUT2D eigenvalue weighted by Crippen LogP contribution is 2.18. The molecule has 1 unspecified atom stereocenters. The van der Waals surface area contributed by atoms with Crippen LogP contribution in [0.15, 0.2) is 0 Å². The van der Waals surface area contributed by atoms with Crippen molar-refractivity contribution in [2.24, 2.45) is 0 Å². The summed E-state index contributed by atoms with van der Waals surface area (Å²) < 4.78 is 5.27. The lowest BCUT2D eigenvalue weighted by Gasteiger charge is -2.40. The number of imide groups is 1. The summed E-state index contributed by atoms with van der Waals surface area (Å²) in [6, 6.07) is -0.548. The highest BCUT2D eigenvalue weighted by atomic mass is 16.5. The fourth-order valence-electron chi connectivity index (χ4n) is 3.09. The van der Waals surface area contributed by atoms with Gasteiger partial charge in [-0.25, -0.2) is 9.59 Å². The van der Waals surface area contributed by atoms with Gasteiger partial charge in [0.1, 0.15) is 0 Å². The molecular formula is C16H27N5O4. The quantitative estimate of drug-likeness (QED) is 0.709. The molecule has 3 rings (SSSR count). The molecule has 25 heavy (non-hydrogen) atoms. The molecule has 3 aliphatic rings. The summed E-state index contributed by atoms with van der Waals surface area (Å²) in [4.78, 5) is 42.0. The largest absolute Gasteiger partial charge is 0.378 e. The highest BCUT2D eigenvalue weighted by Gasteiger charge is 2.31. The third-order valence-electron chi connectivity index (χ3n) is 4.94. The number of ether oxygens (including phenoxy) is 1. The highest BCUT2D eigenvalue weighted by molar-refractivity contribution is 5.97. The molecule has 2 N–H and O–H groups in total. The molecule has 1 saturated carbocycles. The van der Waals surface area contributed by atoms with Crippen molar-refractivity contribution < 1.29 is 19.1 Å². The van der Waals surface area contributed by atoms with E-state index in [0.29, 0.717) is 52.5 Å². The van der Waals surface area contributed by atoms with E-state index in [0.717, 1.165) is 12.8 Å². The predicted octanol–water partition coefficient (Wildman–Crippen LogP) is -0.567. The van der Waals surface area contributed by atoms with Crippen LogP contribution in [0, 0.1) is 0 Å². The Morgan fingerprint density at radius 2 is 1.56 bits per heavy atom. The monoisotopic (exact) mass is 353 g/mol. The van der Waals surface area contributed by atoms with Gasteiger partial charge >= 0.3 is 12.1 Å². The second-order valence-electron chi connectivity index (χ2n) is 6.82. The van der Waals surface area contributed by atoms with Crippen LogP contribution in [0.2, 0.25) is 0 Å². The van der Waals surface area contributed by atoms with Crippen molar-refractivity contribution in [3.63, 3.8) is 0 Å². The smallest absolute Gasteiger partial charge is 0.321 e. The van der Waals surface area contributed by atoms with Crippen LogP contribution in [-0.2, 0) is 9.53 Å². The van der Waals surface area contributed by atoms with Crippen LogP contribution in [0.1, 0.15) is 19.8 Å². The van der Waals surface area contributed by atoms with E-state index in [1.807, 2.05) is 14.7 Å². The molecule has 9 heteroatoms. The van der Waals surface area contributed by atoms with Gasteiger partial charge in [0.05, 0.1) is 19.3 Å². The van der Waals surface area contributed by atoms with E-state index in [9.17, 15) is 14.4 Å². The third-order valence-corrected chi connectivity index (χ3v) is 4.94. The van der Waals surface area contributed by atoms with E-state index in [1.54, 1.807) is 6.92 Å². The first-order valence-corrected chi connectivity index (χ1v) is 9.01. The number of amides is 5. The lowest BCUT2D eigenvalue weighted by Crippen LogP contribution is -2.58. The molecule has 140 valence electrons. The van der Waals surface area contributed by atoms with Gasteiger partial charge in [0.15, 0.2) is 0 Å². The van der Waals surface area contributed by atoms with Gasteiger partial charge in [-0.3, -0.25) is 15.0 Å². The maximum Gasteiger partial charge on any atom is 0.321 e. The lowest BCUT2D eigenvalue weighted by atomic mass is 10.2. The zero-order chi connectivity index (χ0) is 17.8. The van der Waals surface area contributed by atoms with Crippen LogP contribution in [0.25, 0.3) is 0 Å². The van der Waals surface area contributed by atoms with Crippen molar-refractivity contribution in [1.29, 1.82) is 0 Å². The van der Waals surface area contributed by atoms with E-state index in [-0.39, 0.29) is 18.0 Å². The topological polar surface area (TPSA) is 94.2 Å². The summed E-state index contributed by atoms with van der Waals surface area (Å²) in [7, 11) is 0. The van der Waals surface area contributed by atoms with Crippen LogP contribution in [0.5, 0.6) is 0 Å². The van der Waals surface area contributed by atoms with Gasteiger partial charge in [-0.2, -0.15) is 0 Å². The van der Waals surface area contributed by atoms with Gasteiger partial charge in [0.25, 0.3) is 0 Å². The number of carbonyl (C=O) groups is 3. The van der Waals surface area contributed by atoms with E-state index in [1.165, 1.54) is 0 Å². The minimum atomic E-state index is -0.416. The fourth-order valence-corrected chi connectivity index (χ4v) is 3.09. The first-order valence-electron chi connectivity index (χ1n) is 9.01. The number of nitrogens with one attached hydrogen (secondary N) is 2. The van der Waals surface area contributed by atoms with Gasteiger partial charge in [-0.1, -0.05) is 0 Å². The molecule has 2 saturated heterocycles. The van der Waals surface area contributed by atoms with E-state index >= 15 is 0 Å². The first kappa shape index (κ1) is 17.9. The normalized spacial score (nSPS) is 23.1. The van der Waals surface area contributed by atoms with Gasteiger partial charge in [-0.15, -0.1) is 0 Å². The van der Waals surface area contributed by atoms with Gasteiger partial charge < -0.3 is 19.9 Å². The van der Waals surface area contributed by atoms with E-state index < -0.39 is 12.1 Å². The summed E-state index contributed by atoms with van der Waals surface area (Å²) in [6.07, 6.45) is 1.96. The summed E-state index contributed by atoms with van der Waals surface area (Å²) in [6.45, 7) is 6.65. The Labute approximate surface area is 147 Å². The standard InChI is InChI=1S/C16H27N5O4/c1-12(14(22)18-15(23)17-13-2-3-13)19-4-6-20(7-5-19)16(24)21-8-10-25-11-9-21/h12-13H,2-11H2,1H3,(H2,17,18,22,23). The molecule has 0 radical (unpaired) electrons. The molecule has 0 bridgehead atoms. The van der Waals surface area contributed by atoms with Crippen LogP contribution < -0.4 is 10.6 Å². The Kier molecular flexibility index (Phi) is 5.74. The second kappa shape index (κ2) is 8.01. The van der Waals surface area contributed by atoms with Crippen LogP contribution in [-0.4, -0.2) is 97.2 Å². The Balaban J connectivity index is 1.41. The average Bonchev–Trinajstić information content (AvgIpc) is 3.45. The molecule has 2 heterocycles. The van der Waals surface area contributed by atoms with Crippen LogP contribution in [0.3, 0.4) is 0 Å². The Morgan fingerprint density at radius 1 is 0.960 bits per heavy atom. The van der Waals surface area contributed by atoms with Crippen LogP contribution in [0.4, 0.5) is 9.59 Å². The number of urea groups is 2.